The van der Waals surface area contributed by atoms with Crippen LogP contribution in [0.15, 0.2) is 24.3 Å². The van der Waals surface area contributed by atoms with Crippen LogP contribution in [0.2, 0.25) is 0 Å². The van der Waals surface area contributed by atoms with Crippen molar-refractivity contribution in [1.29, 1.82) is 0 Å². The summed E-state index contributed by atoms with van der Waals surface area (Å²) in [6.07, 6.45) is 9.47. The maximum Gasteiger partial charge on any atom is 0.168 e. The smallest absolute Gasteiger partial charge is 0.168 e. The summed E-state index contributed by atoms with van der Waals surface area (Å²) in [5.74, 6) is -0.0806. The average molecular weight is 373 g/mol. The Labute approximate surface area is 161 Å². The van der Waals surface area contributed by atoms with Crippen molar-refractivity contribution >= 4 is 0 Å². The molecule has 1 aliphatic carbocycles. The molecule has 3 rings (SSSR count). The summed E-state index contributed by atoms with van der Waals surface area (Å²) < 4.78 is 29.2. The summed E-state index contributed by atoms with van der Waals surface area (Å²) in [7, 11) is 0. The fraction of sp³-hybridized carbons (Fsp3) is 0.565. The number of hydrogen-bond donors (Lipinski definition) is 0. The third-order valence-corrected chi connectivity index (χ3v) is 5.90. The number of halogens is 2. The van der Waals surface area contributed by atoms with E-state index in [1.54, 1.807) is 18.2 Å². The molecule has 0 saturated heterocycles. The van der Waals surface area contributed by atoms with Crippen molar-refractivity contribution in [2.24, 2.45) is 11.8 Å². The Bertz CT molecular complexity index is 735. The fourth-order valence-corrected chi connectivity index (χ4v) is 3.95. The van der Waals surface area contributed by atoms with E-state index in [-0.39, 0.29) is 5.56 Å². The largest absolute Gasteiger partial charge is 0.203 e. The lowest BCUT2D eigenvalue weighted by atomic mass is 9.80. The molecule has 0 bridgehead atoms. The molecule has 2 aromatic rings. The summed E-state index contributed by atoms with van der Waals surface area (Å²) >= 11 is 0. The Morgan fingerprint density at radius 2 is 1.70 bits per heavy atom. The van der Waals surface area contributed by atoms with Crippen LogP contribution < -0.4 is 0 Å². The Morgan fingerprint density at radius 1 is 0.926 bits per heavy atom. The molecule has 27 heavy (non-hydrogen) atoms. The minimum absolute atomic E-state index is 0.192. The highest BCUT2D eigenvalue weighted by Gasteiger charge is 2.20. The molecule has 1 heterocycles. The van der Waals surface area contributed by atoms with Gasteiger partial charge in [-0.1, -0.05) is 52.0 Å². The summed E-state index contributed by atoms with van der Waals surface area (Å²) in [5.41, 5.74) is 1.94. The van der Waals surface area contributed by atoms with Gasteiger partial charge in [0, 0.05) is 5.56 Å². The molecule has 0 aliphatic heterocycles. The molecular weight excluding hydrogens is 342 g/mol. The van der Waals surface area contributed by atoms with Gasteiger partial charge in [0.25, 0.3) is 0 Å². The van der Waals surface area contributed by atoms with Crippen molar-refractivity contribution in [1.82, 2.24) is 10.2 Å². The van der Waals surface area contributed by atoms with E-state index in [2.05, 4.69) is 24.0 Å². The van der Waals surface area contributed by atoms with Crippen molar-refractivity contribution in [3.63, 3.8) is 0 Å². The monoisotopic (exact) mass is 372 g/mol. The molecule has 0 amide bonds. The van der Waals surface area contributed by atoms with Crippen LogP contribution in [-0.4, -0.2) is 10.2 Å². The van der Waals surface area contributed by atoms with Crippen molar-refractivity contribution < 1.29 is 8.78 Å². The lowest BCUT2D eigenvalue weighted by molar-refractivity contribution is 0.277. The first-order valence-electron chi connectivity index (χ1n) is 10.4. The standard InChI is InChI=1S/C23H30F2N2/c1-3-4-5-19-13-15-21(27-26-19)20-14-12-18(22(24)23(20)25)11-10-17-8-6-16(2)7-9-17/h12-17H,3-11H2,1-2H3. The second-order valence-electron chi connectivity index (χ2n) is 8.08. The van der Waals surface area contributed by atoms with E-state index in [1.807, 2.05) is 6.07 Å². The quantitative estimate of drug-likeness (QED) is 0.553. The predicted octanol–water partition coefficient (Wildman–Crippen LogP) is 6.52. The van der Waals surface area contributed by atoms with Crippen molar-refractivity contribution in [3.8, 4) is 11.3 Å². The second-order valence-corrected chi connectivity index (χ2v) is 8.08. The molecule has 1 aliphatic rings. The van der Waals surface area contributed by atoms with Crippen molar-refractivity contribution in [2.75, 3.05) is 0 Å². The highest BCUT2D eigenvalue weighted by atomic mass is 19.2. The van der Waals surface area contributed by atoms with E-state index in [0.29, 0.717) is 23.6 Å². The maximum atomic E-state index is 14.6. The summed E-state index contributed by atoms with van der Waals surface area (Å²) in [5, 5.41) is 8.25. The zero-order chi connectivity index (χ0) is 19.2. The minimum Gasteiger partial charge on any atom is -0.203 e. The van der Waals surface area contributed by atoms with E-state index in [9.17, 15) is 8.78 Å². The normalized spacial score (nSPS) is 20.0. The van der Waals surface area contributed by atoms with E-state index in [1.165, 1.54) is 25.7 Å². The van der Waals surface area contributed by atoms with Crippen LogP contribution in [0.3, 0.4) is 0 Å². The number of hydrogen-bond acceptors (Lipinski definition) is 2. The third-order valence-electron chi connectivity index (χ3n) is 5.90. The molecule has 0 radical (unpaired) electrons. The zero-order valence-corrected chi connectivity index (χ0v) is 16.5. The Kier molecular flexibility index (Phi) is 6.92. The maximum absolute atomic E-state index is 14.6. The number of nitrogens with zero attached hydrogens (tertiary/aromatic N) is 2. The van der Waals surface area contributed by atoms with Gasteiger partial charge >= 0.3 is 0 Å². The topological polar surface area (TPSA) is 25.8 Å². The van der Waals surface area contributed by atoms with Gasteiger partial charge in [-0.25, -0.2) is 8.78 Å². The number of unbranched alkanes of at least 4 members (excludes halogenated alkanes) is 1. The van der Waals surface area contributed by atoms with E-state index in [0.717, 1.165) is 37.3 Å². The average Bonchev–Trinajstić information content (AvgIpc) is 2.69. The van der Waals surface area contributed by atoms with E-state index in [4.69, 9.17) is 0 Å². The Balaban J connectivity index is 1.67. The van der Waals surface area contributed by atoms with E-state index >= 15 is 0 Å². The SMILES string of the molecule is CCCCc1ccc(-c2ccc(CCC3CCC(C)CC3)c(F)c2F)nn1. The molecule has 1 saturated carbocycles. The molecule has 0 spiro atoms. The Morgan fingerprint density at radius 3 is 2.37 bits per heavy atom. The molecule has 0 N–H and O–H groups in total. The van der Waals surface area contributed by atoms with Crippen LogP contribution in [0, 0.1) is 23.5 Å². The summed E-state index contributed by atoms with van der Waals surface area (Å²) in [4.78, 5) is 0. The minimum atomic E-state index is -0.805. The first-order valence-corrected chi connectivity index (χ1v) is 10.4. The van der Waals surface area contributed by atoms with Gasteiger partial charge in [-0.3, -0.25) is 0 Å². The summed E-state index contributed by atoms with van der Waals surface area (Å²) in [6, 6.07) is 6.95. The van der Waals surface area contributed by atoms with Crippen LogP contribution >= 0.6 is 0 Å². The van der Waals surface area contributed by atoms with Crippen LogP contribution in [0.5, 0.6) is 0 Å². The highest BCUT2D eigenvalue weighted by Crippen LogP contribution is 2.32. The molecule has 0 unspecified atom stereocenters. The number of aryl methyl sites for hydroxylation is 2. The zero-order valence-electron chi connectivity index (χ0n) is 16.5. The first kappa shape index (κ1) is 19.9. The van der Waals surface area contributed by atoms with Crippen LogP contribution in [0.4, 0.5) is 8.78 Å². The second kappa shape index (κ2) is 9.38. The van der Waals surface area contributed by atoms with Crippen LogP contribution in [0.1, 0.15) is 70.1 Å². The molecule has 2 nitrogen and oxygen atoms in total. The summed E-state index contributed by atoms with van der Waals surface area (Å²) in [6.45, 7) is 4.42. The Hall–Kier alpha value is -1.84. The van der Waals surface area contributed by atoms with Gasteiger partial charge in [0.1, 0.15) is 0 Å². The molecule has 0 atom stereocenters. The van der Waals surface area contributed by atoms with Gasteiger partial charge < -0.3 is 0 Å². The number of benzene rings is 1. The molecule has 146 valence electrons. The van der Waals surface area contributed by atoms with Gasteiger partial charge in [0.15, 0.2) is 11.6 Å². The molecule has 1 aromatic heterocycles. The lowest BCUT2D eigenvalue weighted by Crippen LogP contribution is -2.13. The predicted molar refractivity (Wildman–Crippen MR) is 105 cm³/mol. The van der Waals surface area contributed by atoms with Crippen LogP contribution in [-0.2, 0) is 12.8 Å². The molecule has 1 fully saturated rings. The molecule has 1 aromatic carbocycles. The highest BCUT2D eigenvalue weighted by molar-refractivity contribution is 5.60. The van der Waals surface area contributed by atoms with Gasteiger partial charge in [-0.15, -0.1) is 0 Å². The molecule has 4 heteroatoms. The van der Waals surface area contributed by atoms with Gasteiger partial charge in [-0.05, 0) is 61.3 Å². The van der Waals surface area contributed by atoms with Crippen molar-refractivity contribution in [2.45, 2.75) is 71.6 Å². The third kappa shape index (κ3) is 5.12. The van der Waals surface area contributed by atoms with Crippen LogP contribution in [0.25, 0.3) is 11.3 Å². The van der Waals surface area contributed by atoms with Gasteiger partial charge in [-0.2, -0.15) is 10.2 Å². The first-order chi connectivity index (χ1) is 13.1. The van der Waals surface area contributed by atoms with Crippen molar-refractivity contribution in [3.05, 3.63) is 47.2 Å². The van der Waals surface area contributed by atoms with Gasteiger partial charge in [0.05, 0.1) is 11.4 Å². The lowest BCUT2D eigenvalue weighted by Gasteiger charge is -2.26. The number of aromatic nitrogens is 2. The fourth-order valence-electron chi connectivity index (χ4n) is 3.95. The van der Waals surface area contributed by atoms with Gasteiger partial charge in [0.2, 0.25) is 0 Å². The van der Waals surface area contributed by atoms with E-state index < -0.39 is 11.6 Å². The number of rotatable bonds is 7. The molecular formula is C23H30F2N2.